The maximum atomic E-state index is 5.38. The van der Waals surface area contributed by atoms with Crippen LogP contribution in [0.25, 0.3) is 0 Å². The molecule has 3 rings (SSSR count). The molecule has 1 aliphatic rings. The Labute approximate surface area is 136 Å². The number of aromatic nitrogens is 3. The summed E-state index contributed by atoms with van der Waals surface area (Å²) in [4.78, 5) is 2.22. The summed E-state index contributed by atoms with van der Waals surface area (Å²) in [5.41, 5.74) is 1.26. The van der Waals surface area contributed by atoms with Gasteiger partial charge in [0, 0.05) is 30.4 Å². The van der Waals surface area contributed by atoms with E-state index in [0.717, 1.165) is 47.6 Å². The Bertz CT molecular complexity index is 613. The summed E-state index contributed by atoms with van der Waals surface area (Å²) in [6, 6.07) is 8.26. The van der Waals surface area contributed by atoms with Crippen molar-refractivity contribution in [2.45, 2.75) is 10.9 Å². The summed E-state index contributed by atoms with van der Waals surface area (Å²) >= 11 is 5.28. The predicted octanol–water partition coefficient (Wildman–Crippen LogP) is 2.71. The third kappa shape index (κ3) is 3.41. The normalized spacial score (nSPS) is 15.4. The number of nitrogens with zero attached hydrogens (tertiary/aromatic N) is 4. The second kappa shape index (κ2) is 6.81. The molecule has 1 aliphatic heterocycles. The first-order valence-corrected chi connectivity index (χ1v) is 8.62. The number of hydrogen-bond acceptors (Lipinski definition) is 5. The molecule has 5 nitrogen and oxygen atoms in total. The Morgan fingerprint density at radius 1 is 1.24 bits per heavy atom. The predicted molar refractivity (Wildman–Crippen MR) is 87.7 cm³/mol. The molecular weight excluding hydrogens is 352 g/mol. The van der Waals surface area contributed by atoms with Crippen molar-refractivity contribution in [2.24, 2.45) is 7.05 Å². The zero-order valence-corrected chi connectivity index (χ0v) is 14.2. The van der Waals surface area contributed by atoms with Gasteiger partial charge in [0.05, 0.1) is 13.2 Å². The van der Waals surface area contributed by atoms with Gasteiger partial charge < -0.3 is 9.64 Å². The topological polar surface area (TPSA) is 43.2 Å². The third-order valence-electron chi connectivity index (χ3n) is 3.42. The first-order valence-electron chi connectivity index (χ1n) is 6.84. The number of thioether (sulfide) groups is 1. The molecule has 0 aliphatic carbocycles. The Kier molecular flexibility index (Phi) is 4.82. The number of benzene rings is 1. The standard InChI is InChI=1S/C14H17BrN4OS/c1-18-13(19-6-8-20-9-7-19)16-17-14(18)21-10-11-4-2-3-5-12(11)15/h2-5H,6-10H2,1H3. The van der Waals surface area contributed by atoms with Gasteiger partial charge in [-0.1, -0.05) is 45.9 Å². The van der Waals surface area contributed by atoms with Crippen molar-refractivity contribution in [2.75, 3.05) is 31.2 Å². The molecule has 2 aromatic rings. The zero-order valence-electron chi connectivity index (χ0n) is 11.8. The summed E-state index contributed by atoms with van der Waals surface area (Å²) in [6.45, 7) is 3.26. The molecule has 0 N–H and O–H groups in total. The van der Waals surface area contributed by atoms with Crippen LogP contribution in [0.15, 0.2) is 33.9 Å². The number of rotatable bonds is 4. The van der Waals surface area contributed by atoms with Crippen molar-refractivity contribution in [1.82, 2.24) is 14.8 Å². The van der Waals surface area contributed by atoms with Gasteiger partial charge in [-0.2, -0.15) is 0 Å². The highest BCUT2D eigenvalue weighted by Crippen LogP contribution is 2.27. The van der Waals surface area contributed by atoms with Crippen LogP contribution in [0.1, 0.15) is 5.56 Å². The molecule has 0 spiro atoms. The van der Waals surface area contributed by atoms with Crippen LogP contribution in [-0.2, 0) is 17.5 Å². The average molecular weight is 369 g/mol. The number of anilines is 1. The summed E-state index contributed by atoms with van der Waals surface area (Å²) < 4.78 is 8.57. The van der Waals surface area contributed by atoms with E-state index in [1.165, 1.54) is 5.56 Å². The lowest BCUT2D eigenvalue weighted by molar-refractivity contribution is 0.121. The fourth-order valence-corrected chi connectivity index (χ4v) is 3.75. The molecule has 0 atom stereocenters. The Morgan fingerprint density at radius 2 is 2.00 bits per heavy atom. The van der Waals surface area contributed by atoms with Crippen LogP contribution in [0, 0.1) is 0 Å². The quantitative estimate of drug-likeness (QED) is 0.776. The van der Waals surface area contributed by atoms with E-state index in [4.69, 9.17) is 4.74 Å². The Morgan fingerprint density at radius 3 is 2.76 bits per heavy atom. The van der Waals surface area contributed by atoms with E-state index in [0.29, 0.717) is 0 Å². The Hall–Kier alpha value is -1.05. The van der Waals surface area contributed by atoms with Crippen molar-refractivity contribution in [3.05, 3.63) is 34.3 Å². The van der Waals surface area contributed by atoms with Crippen LogP contribution in [-0.4, -0.2) is 41.1 Å². The van der Waals surface area contributed by atoms with Crippen LogP contribution in [0.4, 0.5) is 5.95 Å². The molecule has 1 aromatic heterocycles. The van der Waals surface area contributed by atoms with Crippen molar-refractivity contribution in [3.8, 4) is 0 Å². The molecule has 0 amide bonds. The molecule has 0 radical (unpaired) electrons. The first kappa shape index (κ1) is 14.9. The molecule has 2 heterocycles. The minimum Gasteiger partial charge on any atom is -0.378 e. The van der Waals surface area contributed by atoms with Gasteiger partial charge in [0.2, 0.25) is 5.95 Å². The fourth-order valence-electron chi connectivity index (χ4n) is 2.23. The van der Waals surface area contributed by atoms with Crippen LogP contribution in [0.3, 0.4) is 0 Å². The molecule has 1 aromatic carbocycles. The van der Waals surface area contributed by atoms with E-state index in [1.807, 2.05) is 13.1 Å². The van der Waals surface area contributed by atoms with Gasteiger partial charge >= 0.3 is 0 Å². The lowest BCUT2D eigenvalue weighted by atomic mass is 10.2. The van der Waals surface area contributed by atoms with Gasteiger partial charge in [-0.3, -0.25) is 4.57 Å². The van der Waals surface area contributed by atoms with Crippen LogP contribution in [0.2, 0.25) is 0 Å². The maximum Gasteiger partial charge on any atom is 0.227 e. The van der Waals surface area contributed by atoms with E-state index in [2.05, 4.69) is 53.8 Å². The van der Waals surface area contributed by atoms with E-state index in [1.54, 1.807) is 11.8 Å². The summed E-state index contributed by atoms with van der Waals surface area (Å²) in [6.07, 6.45) is 0. The van der Waals surface area contributed by atoms with Crippen LogP contribution >= 0.6 is 27.7 Å². The Balaban J connectivity index is 1.69. The van der Waals surface area contributed by atoms with E-state index in [-0.39, 0.29) is 0 Å². The van der Waals surface area contributed by atoms with Crippen molar-refractivity contribution >= 4 is 33.6 Å². The molecule has 7 heteroatoms. The largest absolute Gasteiger partial charge is 0.378 e. The lowest BCUT2D eigenvalue weighted by Gasteiger charge is -2.27. The molecule has 1 saturated heterocycles. The molecule has 0 bridgehead atoms. The van der Waals surface area contributed by atoms with E-state index in [9.17, 15) is 0 Å². The van der Waals surface area contributed by atoms with Gasteiger partial charge in [0.1, 0.15) is 0 Å². The molecule has 112 valence electrons. The van der Waals surface area contributed by atoms with Gasteiger partial charge in [-0.25, -0.2) is 0 Å². The van der Waals surface area contributed by atoms with Gasteiger partial charge in [-0.15, -0.1) is 10.2 Å². The van der Waals surface area contributed by atoms with Gasteiger partial charge in [0.15, 0.2) is 5.16 Å². The molecule has 21 heavy (non-hydrogen) atoms. The highest BCUT2D eigenvalue weighted by molar-refractivity contribution is 9.10. The highest BCUT2D eigenvalue weighted by Gasteiger charge is 2.18. The van der Waals surface area contributed by atoms with Gasteiger partial charge in [0.25, 0.3) is 0 Å². The lowest BCUT2D eigenvalue weighted by Crippen LogP contribution is -2.37. The molecule has 0 saturated carbocycles. The molecular formula is C14H17BrN4OS. The monoisotopic (exact) mass is 368 g/mol. The zero-order chi connectivity index (χ0) is 14.7. The summed E-state index contributed by atoms with van der Waals surface area (Å²) in [7, 11) is 2.02. The average Bonchev–Trinajstić information content (AvgIpc) is 2.88. The van der Waals surface area contributed by atoms with Crippen LogP contribution < -0.4 is 4.90 Å². The van der Waals surface area contributed by atoms with Gasteiger partial charge in [-0.05, 0) is 11.6 Å². The fraction of sp³-hybridized carbons (Fsp3) is 0.429. The number of hydrogen-bond donors (Lipinski definition) is 0. The second-order valence-corrected chi connectivity index (χ2v) is 6.62. The van der Waals surface area contributed by atoms with E-state index < -0.39 is 0 Å². The minimum atomic E-state index is 0.756. The van der Waals surface area contributed by atoms with Crippen molar-refractivity contribution in [1.29, 1.82) is 0 Å². The number of halogens is 1. The van der Waals surface area contributed by atoms with Crippen molar-refractivity contribution in [3.63, 3.8) is 0 Å². The summed E-state index contributed by atoms with van der Waals surface area (Å²) in [5, 5.41) is 9.58. The van der Waals surface area contributed by atoms with Crippen molar-refractivity contribution < 1.29 is 4.74 Å². The smallest absolute Gasteiger partial charge is 0.227 e. The van der Waals surface area contributed by atoms with E-state index >= 15 is 0 Å². The number of ether oxygens (including phenoxy) is 1. The minimum absolute atomic E-state index is 0.756. The van der Waals surface area contributed by atoms with Crippen LogP contribution in [0.5, 0.6) is 0 Å². The summed E-state index contributed by atoms with van der Waals surface area (Å²) in [5.74, 6) is 1.80. The molecule has 1 fully saturated rings. The SMILES string of the molecule is Cn1c(SCc2ccccc2Br)nnc1N1CCOCC1. The third-order valence-corrected chi connectivity index (χ3v) is 5.26. The highest BCUT2D eigenvalue weighted by atomic mass is 79.9. The molecule has 0 unspecified atom stereocenters. The maximum absolute atomic E-state index is 5.38. The number of morpholine rings is 1. The first-order chi connectivity index (χ1) is 10.3. The second-order valence-electron chi connectivity index (χ2n) is 4.82.